The van der Waals surface area contributed by atoms with Crippen molar-refractivity contribution in [2.75, 3.05) is 12.8 Å². The van der Waals surface area contributed by atoms with Gasteiger partial charge in [0.05, 0.1) is 11.0 Å². The Morgan fingerprint density at radius 2 is 1.76 bits per heavy atom. The first-order chi connectivity index (χ1) is 9.86. The normalized spacial score (nSPS) is 24.7. The fraction of sp³-hybridized carbons (Fsp3) is 0.625. The minimum atomic E-state index is -3.18. The third kappa shape index (κ3) is 4.80. The summed E-state index contributed by atoms with van der Waals surface area (Å²) in [5.41, 5.74) is 0.749. The first-order valence-corrected chi connectivity index (χ1v) is 9.47. The van der Waals surface area contributed by atoms with Crippen LogP contribution in [0.5, 0.6) is 0 Å². The Morgan fingerprint density at radius 1 is 1.19 bits per heavy atom. The molecule has 21 heavy (non-hydrogen) atoms. The summed E-state index contributed by atoms with van der Waals surface area (Å²) in [6.07, 6.45) is 5.41. The van der Waals surface area contributed by atoms with Gasteiger partial charge in [0.15, 0.2) is 9.84 Å². The molecular formula is C16H25NO3S. The largest absolute Gasteiger partial charge is 0.387 e. The van der Waals surface area contributed by atoms with Gasteiger partial charge >= 0.3 is 0 Å². The minimum absolute atomic E-state index is 0.285. The predicted molar refractivity (Wildman–Crippen MR) is 83.9 cm³/mol. The van der Waals surface area contributed by atoms with E-state index in [0.29, 0.717) is 12.6 Å². The summed E-state index contributed by atoms with van der Waals surface area (Å²) in [5, 5.41) is 13.6. The Labute approximate surface area is 127 Å². The molecule has 0 aliphatic heterocycles. The Morgan fingerprint density at radius 3 is 2.29 bits per heavy atom. The second-order valence-corrected chi connectivity index (χ2v) is 8.24. The lowest BCUT2D eigenvalue weighted by Gasteiger charge is -2.28. The zero-order valence-corrected chi connectivity index (χ0v) is 13.6. The summed E-state index contributed by atoms with van der Waals surface area (Å²) in [5.74, 6) is 0.816. The second kappa shape index (κ2) is 6.90. The van der Waals surface area contributed by atoms with Crippen LogP contribution in [0.25, 0.3) is 0 Å². The second-order valence-electron chi connectivity index (χ2n) is 6.22. The van der Waals surface area contributed by atoms with E-state index < -0.39 is 15.9 Å². The van der Waals surface area contributed by atoms with Crippen LogP contribution in [0.2, 0.25) is 0 Å². The summed E-state index contributed by atoms with van der Waals surface area (Å²) in [7, 11) is -3.18. The van der Waals surface area contributed by atoms with Crippen LogP contribution in [-0.4, -0.2) is 32.4 Å². The van der Waals surface area contributed by atoms with Crippen molar-refractivity contribution >= 4 is 9.84 Å². The highest BCUT2D eigenvalue weighted by Crippen LogP contribution is 2.24. The highest BCUT2D eigenvalue weighted by molar-refractivity contribution is 7.90. The molecule has 1 saturated carbocycles. The molecule has 0 aromatic heterocycles. The highest BCUT2D eigenvalue weighted by Gasteiger charge is 2.19. The van der Waals surface area contributed by atoms with E-state index in [1.54, 1.807) is 24.3 Å². The molecule has 0 spiro atoms. The predicted octanol–water partition coefficient (Wildman–Crippen LogP) is 2.29. The van der Waals surface area contributed by atoms with Gasteiger partial charge in [-0.25, -0.2) is 8.42 Å². The molecule has 0 heterocycles. The molecule has 1 unspecified atom stereocenters. The third-order valence-corrected chi connectivity index (χ3v) is 5.44. The van der Waals surface area contributed by atoms with Crippen LogP contribution in [-0.2, 0) is 9.84 Å². The van der Waals surface area contributed by atoms with E-state index in [2.05, 4.69) is 12.2 Å². The first kappa shape index (κ1) is 16.5. The van der Waals surface area contributed by atoms with Crippen molar-refractivity contribution in [3.8, 4) is 0 Å². The molecule has 5 heteroatoms. The van der Waals surface area contributed by atoms with Crippen molar-refractivity contribution in [1.29, 1.82) is 0 Å². The van der Waals surface area contributed by atoms with E-state index in [-0.39, 0.29) is 4.90 Å². The van der Waals surface area contributed by atoms with Crippen molar-refractivity contribution in [2.45, 2.75) is 49.6 Å². The zero-order chi connectivity index (χ0) is 15.5. The van der Waals surface area contributed by atoms with Gasteiger partial charge in [0.1, 0.15) is 0 Å². The molecule has 2 rings (SSSR count). The first-order valence-electron chi connectivity index (χ1n) is 7.57. The van der Waals surface area contributed by atoms with Gasteiger partial charge in [0, 0.05) is 18.8 Å². The molecular weight excluding hydrogens is 286 g/mol. The van der Waals surface area contributed by atoms with Crippen molar-refractivity contribution in [3.05, 3.63) is 29.8 Å². The summed E-state index contributed by atoms with van der Waals surface area (Å²) in [6.45, 7) is 2.80. The van der Waals surface area contributed by atoms with Gasteiger partial charge in [-0.3, -0.25) is 0 Å². The summed E-state index contributed by atoms with van der Waals surface area (Å²) in [4.78, 5) is 0.285. The quantitative estimate of drug-likeness (QED) is 0.875. The lowest BCUT2D eigenvalue weighted by atomic mass is 9.87. The number of sulfone groups is 1. The van der Waals surface area contributed by atoms with E-state index in [9.17, 15) is 13.5 Å². The fourth-order valence-electron chi connectivity index (χ4n) is 2.80. The average Bonchev–Trinajstić information content (AvgIpc) is 2.45. The van der Waals surface area contributed by atoms with Crippen LogP contribution in [0.3, 0.4) is 0 Å². The number of aliphatic hydroxyl groups excluding tert-OH is 1. The standard InChI is InChI=1S/C16H25NO3S/c1-12-3-7-14(8-4-12)17-11-16(18)13-5-9-15(10-6-13)21(2,19)20/h5-6,9-10,12,14,16-18H,3-4,7-8,11H2,1-2H3. The Hall–Kier alpha value is -0.910. The van der Waals surface area contributed by atoms with Crippen molar-refractivity contribution < 1.29 is 13.5 Å². The molecule has 1 fully saturated rings. The van der Waals surface area contributed by atoms with E-state index in [1.807, 2.05) is 0 Å². The molecule has 0 saturated heterocycles. The number of benzene rings is 1. The van der Waals surface area contributed by atoms with Crippen molar-refractivity contribution in [3.63, 3.8) is 0 Å². The van der Waals surface area contributed by atoms with Gasteiger partial charge in [0.2, 0.25) is 0 Å². The van der Waals surface area contributed by atoms with Gasteiger partial charge in [-0.05, 0) is 49.3 Å². The molecule has 1 aliphatic carbocycles. The summed E-state index contributed by atoms with van der Waals surface area (Å²) < 4.78 is 22.8. The maximum atomic E-state index is 11.4. The molecule has 1 aromatic carbocycles. The lowest BCUT2D eigenvalue weighted by molar-refractivity contribution is 0.163. The summed E-state index contributed by atoms with van der Waals surface area (Å²) in [6, 6.07) is 6.97. The zero-order valence-electron chi connectivity index (χ0n) is 12.7. The van der Waals surface area contributed by atoms with E-state index >= 15 is 0 Å². The minimum Gasteiger partial charge on any atom is -0.387 e. The fourth-order valence-corrected chi connectivity index (χ4v) is 3.43. The SMILES string of the molecule is CC1CCC(NCC(O)c2ccc(S(C)(=O)=O)cc2)CC1. The smallest absolute Gasteiger partial charge is 0.175 e. The molecule has 1 atom stereocenters. The van der Waals surface area contributed by atoms with Gasteiger partial charge in [0.25, 0.3) is 0 Å². The van der Waals surface area contributed by atoms with E-state index in [0.717, 1.165) is 11.5 Å². The average molecular weight is 311 g/mol. The third-order valence-electron chi connectivity index (χ3n) is 4.31. The highest BCUT2D eigenvalue weighted by atomic mass is 32.2. The molecule has 2 N–H and O–H groups in total. The molecule has 1 aromatic rings. The molecule has 0 bridgehead atoms. The van der Waals surface area contributed by atoms with E-state index in [4.69, 9.17) is 0 Å². The molecule has 0 amide bonds. The van der Waals surface area contributed by atoms with Crippen LogP contribution in [0, 0.1) is 5.92 Å². The maximum absolute atomic E-state index is 11.4. The topological polar surface area (TPSA) is 66.4 Å². The Balaban J connectivity index is 1.87. The van der Waals surface area contributed by atoms with Crippen LogP contribution in [0.1, 0.15) is 44.3 Å². The van der Waals surface area contributed by atoms with Gasteiger partial charge in [-0.2, -0.15) is 0 Å². The van der Waals surface area contributed by atoms with E-state index in [1.165, 1.54) is 31.9 Å². The van der Waals surface area contributed by atoms with Crippen molar-refractivity contribution in [2.24, 2.45) is 5.92 Å². The number of hydrogen-bond donors (Lipinski definition) is 2. The molecule has 118 valence electrons. The number of hydrogen-bond acceptors (Lipinski definition) is 4. The number of aliphatic hydroxyl groups is 1. The molecule has 4 nitrogen and oxygen atoms in total. The summed E-state index contributed by atoms with van der Waals surface area (Å²) >= 11 is 0. The van der Waals surface area contributed by atoms with Gasteiger partial charge in [-0.15, -0.1) is 0 Å². The van der Waals surface area contributed by atoms with Crippen LogP contribution >= 0.6 is 0 Å². The number of rotatable bonds is 5. The van der Waals surface area contributed by atoms with Crippen LogP contribution in [0.4, 0.5) is 0 Å². The Kier molecular flexibility index (Phi) is 5.41. The molecule has 1 aliphatic rings. The van der Waals surface area contributed by atoms with Gasteiger partial charge in [-0.1, -0.05) is 19.1 Å². The number of nitrogens with one attached hydrogen (secondary N) is 1. The monoisotopic (exact) mass is 311 g/mol. The molecule has 0 radical (unpaired) electrons. The van der Waals surface area contributed by atoms with Crippen molar-refractivity contribution in [1.82, 2.24) is 5.32 Å². The van der Waals surface area contributed by atoms with Gasteiger partial charge < -0.3 is 10.4 Å². The maximum Gasteiger partial charge on any atom is 0.175 e. The van der Waals surface area contributed by atoms with Crippen LogP contribution in [0.15, 0.2) is 29.2 Å². The lowest BCUT2D eigenvalue weighted by Crippen LogP contribution is -2.35. The Bertz CT molecular complexity index is 545. The van der Waals surface area contributed by atoms with Crippen LogP contribution < -0.4 is 5.32 Å².